The number of nitrogens with one attached hydrogen (secondary N) is 1. The maximum absolute atomic E-state index is 12.3. The largest absolute Gasteiger partial charge is 0.484 e. The maximum atomic E-state index is 12.3. The Hall–Kier alpha value is -2.10. The van der Waals surface area contributed by atoms with Gasteiger partial charge >= 0.3 is 0 Å². The van der Waals surface area contributed by atoms with Crippen molar-refractivity contribution in [3.05, 3.63) is 46.2 Å². The number of rotatable bonds is 10. The molecule has 0 bridgehead atoms. The molecule has 2 aromatic heterocycles. The van der Waals surface area contributed by atoms with Gasteiger partial charge in [-0.3, -0.25) is 4.79 Å². The van der Waals surface area contributed by atoms with Crippen LogP contribution in [0.5, 0.6) is 5.75 Å². The molecule has 0 aliphatic heterocycles. The molecule has 1 aromatic carbocycles. The molecule has 0 unspecified atom stereocenters. The quantitative estimate of drug-likeness (QED) is 0.405. The topological polar surface area (TPSA) is 81.9 Å². The first-order valence-electron chi connectivity index (χ1n) is 9.67. The van der Waals surface area contributed by atoms with Crippen molar-refractivity contribution in [3.8, 4) is 5.75 Å². The molecule has 3 aromatic rings. The van der Waals surface area contributed by atoms with Gasteiger partial charge in [-0.25, -0.2) is 4.98 Å². The molecule has 2 heterocycles. The molecular formula is C20H24ClN5O2S2. The van der Waals surface area contributed by atoms with Crippen molar-refractivity contribution >= 4 is 45.7 Å². The van der Waals surface area contributed by atoms with Gasteiger partial charge in [-0.2, -0.15) is 0 Å². The van der Waals surface area contributed by atoms with E-state index in [-0.39, 0.29) is 24.3 Å². The predicted molar refractivity (Wildman–Crippen MR) is 122 cm³/mol. The minimum atomic E-state index is -0.123. The first-order chi connectivity index (χ1) is 14.5. The fourth-order valence-corrected chi connectivity index (χ4v) is 4.64. The van der Waals surface area contributed by atoms with Crippen molar-refractivity contribution in [2.45, 2.75) is 51.4 Å². The first kappa shape index (κ1) is 22.6. The number of carbonyl (C=O) groups is 1. The Labute approximate surface area is 189 Å². The highest BCUT2D eigenvalue weighted by atomic mass is 35.5. The van der Waals surface area contributed by atoms with Gasteiger partial charge in [0.2, 0.25) is 5.91 Å². The van der Waals surface area contributed by atoms with Gasteiger partial charge in [-0.1, -0.05) is 49.3 Å². The van der Waals surface area contributed by atoms with Crippen LogP contribution in [0.1, 0.15) is 44.2 Å². The molecule has 0 spiro atoms. The number of thiazole rings is 1. The van der Waals surface area contributed by atoms with Gasteiger partial charge in [0.1, 0.15) is 12.4 Å². The lowest BCUT2D eigenvalue weighted by atomic mass is 10.2. The van der Waals surface area contributed by atoms with E-state index in [2.05, 4.69) is 38.9 Å². The fraction of sp³-hybridized carbons (Fsp3) is 0.400. The van der Waals surface area contributed by atoms with Crippen molar-refractivity contribution in [1.82, 2.24) is 19.7 Å². The zero-order valence-corrected chi connectivity index (χ0v) is 19.5. The lowest BCUT2D eigenvalue weighted by Gasteiger charge is -2.19. The molecule has 30 heavy (non-hydrogen) atoms. The summed E-state index contributed by atoms with van der Waals surface area (Å²) in [6, 6.07) is 7.55. The van der Waals surface area contributed by atoms with Crippen molar-refractivity contribution in [1.29, 1.82) is 0 Å². The molecule has 0 aliphatic rings. The summed E-state index contributed by atoms with van der Waals surface area (Å²) in [7, 11) is 0. The lowest BCUT2D eigenvalue weighted by Crippen LogP contribution is -2.17. The average molecular weight is 466 g/mol. The number of hydrogen-bond donors (Lipinski definition) is 1. The Morgan fingerprint density at radius 1 is 1.30 bits per heavy atom. The third kappa shape index (κ3) is 5.74. The van der Waals surface area contributed by atoms with Crippen LogP contribution < -0.4 is 10.1 Å². The van der Waals surface area contributed by atoms with E-state index in [9.17, 15) is 4.79 Å². The number of carbonyl (C=O) groups excluding carboxylic acids is 1. The minimum Gasteiger partial charge on any atom is -0.484 e. The van der Waals surface area contributed by atoms with Crippen LogP contribution in [0.25, 0.3) is 0 Å². The number of aryl methyl sites for hydroxylation is 1. The molecule has 1 amide bonds. The summed E-state index contributed by atoms with van der Waals surface area (Å²) >= 11 is 8.95. The smallest absolute Gasteiger partial charge is 0.236 e. The standard InChI is InChI=1S/C20H24ClN5O2S2/c1-4-14(5-2)26-17(10-28-16-9-7-6-8-15(16)21)24-25-20(26)30-12-18(27)23-19-22-13(3)11-29-19/h6-9,11,14H,4-5,10,12H2,1-3H3,(H,22,23,27). The van der Waals surface area contributed by atoms with Gasteiger partial charge in [0.05, 0.1) is 16.5 Å². The van der Waals surface area contributed by atoms with E-state index in [0.717, 1.165) is 18.5 Å². The van der Waals surface area contributed by atoms with E-state index >= 15 is 0 Å². The second kappa shape index (κ2) is 10.8. The van der Waals surface area contributed by atoms with Crippen LogP contribution in [0, 0.1) is 6.92 Å². The average Bonchev–Trinajstić information content (AvgIpc) is 3.33. The van der Waals surface area contributed by atoms with Gasteiger partial charge in [0, 0.05) is 11.4 Å². The molecule has 7 nitrogen and oxygen atoms in total. The molecule has 1 N–H and O–H groups in total. The highest BCUT2D eigenvalue weighted by Crippen LogP contribution is 2.28. The van der Waals surface area contributed by atoms with Crippen molar-refractivity contribution in [2.75, 3.05) is 11.1 Å². The van der Waals surface area contributed by atoms with E-state index in [4.69, 9.17) is 16.3 Å². The number of hydrogen-bond acceptors (Lipinski definition) is 7. The lowest BCUT2D eigenvalue weighted by molar-refractivity contribution is -0.113. The van der Waals surface area contributed by atoms with Crippen LogP contribution in [-0.4, -0.2) is 31.4 Å². The molecular weight excluding hydrogens is 442 g/mol. The first-order valence-corrected chi connectivity index (χ1v) is 11.9. The molecule has 0 fully saturated rings. The van der Waals surface area contributed by atoms with Gasteiger partial charge in [-0.15, -0.1) is 21.5 Å². The molecule has 0 saturated carbocycles. The van der Waals surface area contributed by atoms with Gasteiger partial charge in [-0.05, 0) is 31.9 Å². The summed E-state index contributed by atoms with van der Waals surface area (Å²) in [6.45, 7) is 6.39. The number of aromatic nitrogens is 4. The van der Waals surface area contributed by atoms with Crippen LogP contribution >= 0.6 is 34.7 Å². The Bertz CT molecular complexity index is 987. The number of ether oxygens (including phenoxy) is 1. The molecule has 0 atom stereocenters. The van der Waals surface area contributed by atoms with Crippen molar-refractivity contribution in [3.63, 3.8) is 0 Å². The molecule has 0 aliphatic carbocycles. The van der Waals surface area contributed by atoms with E-state index in [0.29, 0.717) is 26.9 Å². The van der Waals surface area contributed by atoms with Crippen LogP contribution in [-0.2, 0) is 11.4 Å². The molecule has 10 heteroatoms. The number of nitrogens with zero attached hydrogens (tertiary/aromatic N) is 4. The maximum Gasteiger partial charge on any atom is 0.236 e. The predicted octanol–water partition coefficient (Wildman–Crippen LogP) is 5.37. The van der Waals surface area contributed by atoms with Crippen molar-refractivity contribution in [2.24, 2.45) is 0 Å². The van der Waals surface area contributed by atoms with Gasteiger partial charge in [0.25, 0.3) is 0 Å². The number of anilines is 1. The summed E-state index contributed by atoms with van der Waals surface area (Å²) in [5, 5.41) is 15.2. The number of amides is 1. The second-order valence-corrected chi connectivity index (χ2v) is 8.80. The van der Waals surface area contributed by atoms with E-state index in [1.54, 1.807) is 6.07 Å². The summed E-state index contributed by atoms with van der Waals surface area (Å²) in [6.07, 6.45) is 1.84. The molecule has 0 radical (unpaired) electrons. The Morgan fingerprint density at radius 2 is 2.07 bits per heavy atom. The zero-order chi connectivity index (χ0) is 21.5. The zero-order valence-electron chi connectivity index (χ0n) is 17.1. The monoisotopic (exact) mass is 465 g/mol. The summed E-state index contributed by atoms with van der Waals surface area (Å²) in [4.78, 5) is 16.6. The number of halogens is 1. The third-order valence-corrected chi connectivity index (χ3v) is 6.56. The van der Waals surface area contributed by atoms with Crippen LogP contribution in [0.15, 0.2) is 34.8 Å². The summed E-state index contributed by atoms with van der Waals surface area (Å²) in [5.74, 6) is 1.41. The van der Waals surface area contributed by atoms with Gasteiger partial charge in [0.15, 0.2) is 16.1 Å². The number of benzene rings is 1. The normalized spacial score (nSPS) is 11.1. The highest BCUT2D eigenvalue weighted by molar-refractivity contribution is 7.99. The van der Waals surface area contributed by atoms with Crippen LogP contribution in [0.3, 0.4) is 0 Å². The Balaban J connectivity index is 1.70. The molecule has 160 valence electrons. The SMILES string of the molecule is CCC(CC)n1c(COc2ccccc2Cl)nnc1SCC(=O)Nc1nc(C)cs1. The Kier molecular flexibility index (Phi) is 8.12. The highest BCUT2D eigenvalue weighted by Gasteiger charge is 2.20. The van der Waals surface area contributed by atoms with E-state index in [1.807, 2.05) is 30.5 Å². The van der Waals surface area contributed by atoms with Gasteiger partial charge < -0.3 is 14.6 Å². The molecule has 0 saturated heterocycles. The third-order valence-electron chi connectivity index (χ3n) is 4.43. The summed E-state index contributed by atoms with van der Waals surface area (Å²) in [5.41, 5.74) is 0.889. The second-order valence-electron chi connectivity index (χ2n) is 6.59. The van der Waals surface area contributed by atoms with Crippen LogP contribution in [0.4, 0.5) is 5.13 Å². The number of thioether (sulfide) groups is 1. The Morgan fingerprint density at radius 3 is 2.73 bits per heavy atom. The van der Waals surface area contributed by atoms with E-state index in [1.165, 1.54) is 23.1 Å². The number of para-hydroxylation sites is 1. The summed E-state index contributed by atoms with van der Waals surface area (Å²) < 4.78 is 7.94. The molecule has 3 rings (SSSR count). The minimum absolute atomic E-state index is 0.123. The van der Waals surface area contributed by atoms with Crippen molar-refractivity contribution < 1.29 is 9.53 Å². The fourth-order valence-electron chi connectivity index (χ4n) is 2.93. The van der Waals surface area contributed by atoms with E-state index < -0.39 is 0 Å². The van der Waals surface area contributed by atoms with Crippen LogP contribution in [0.2, 0.25) is 5.02 Å².